The summed E-state index contributed by atoms with van der Waals surface area (Å²) in [6, 6.07) is 31.3. The van der Waals surface area contributed by atoms with Crippen LogP contribution in [0.2, 0.25) is 0 Å². The van der Waals surface area contributed by atoms with Crippen LogP contribution in [0.25, 0.3) is 54.2 Å². The van der Waals surface area contributed by atoms with Crippen molar-refractivity contribution in [1.82, 2.24) is 0 Å². The average molecular weight is 602 g/mol. The summed E-state index contributed by atoms with van der Waals surface area (Å²) >= 11 is 0. The minimum absolute atomic E-state index is 0.128. The molecule has 0 spiro atoms. The van der Waals surface area contributed by atoms with Gasteiger partial charge in [-0.1, -0.05) is 100 Å². The van der Waals surface area contributed by atoms with Gasteiger partial charge in [-0.05, 0) is 96.1 Å². The number of benzene rings is 7. The van der Waals surface area contributed by atoms with E-state index in [1.54, 1.807) is 12.1 Å². The number of aromatic carboxylic acids is 1. The second kappa shape index (κ2) is 9.98. The van der Waals surface area contributed by atoms with E-state index in [9.17, 15) is 19.5 Å². The van der Waals surface area contributed by atoms with Crippen molar-refractivity contribution in [3.8, 4) is 11.1 Å². The number of hydrogen-bond acceptors (Lipinski definition) is 3. The van der Waals surface area contributed by atoms with Crippen LogP contribution >= 0.6 is 0 Å². The third-order valence-corrected chi connectivity index (χ3v) is 9.66. The van der Waals surface area contributed by atoms with Crippen LogP contribution in [0.5, 0.6) is 0 Å². The molecule has 8 rings (SSSR count). The van der Waals surface area contributed by atoms with E-state index in [-0.39, 0.29) is 29.2 Å². The molecule has 0 radical (unpaired) electrons. The molecule has 2 amide bonds. The van der Waals surface area contributed by atoms with Crippen molar-refractivity contribution in [2.45, 2.75) is 39.5 Å². The first-order valence-electron chi connectivity index (χ1n) is 15.7. The molecular weight excluding hydrogens is 570 g/mol. The number of fused-ring (bicyclic) bond motifs is 2. The fourth-order valence-corrected chi connectivity index (χ4v) is 7.51. The molecule has 1 heterocycles. The van der Waals surface area contributed by atoms with Gasteiger partial charge < -0.3 is 5.11 Å². The van der Waals surface area contributed by atoms with Gasteiger partial charge in [0.1, 0.15) is 0 Å². The SMILES string of the molecule is CC(C)c1cccc(C(C)C)c1N1C(=O)c2ccc3c4cccc5c(-c6ccc(C(=O)O)cc6)ccc(c6ccc(c2c36)C1=O)c54. The van der Waals surface area contributed by atoms with Gasteiger partial charge >= 0.3 is 5.97 Å². The van der Waals surface area contributed by atoms with E-state index in [2.05, 4.69) is 52.0 Å². The molecule has 1 aliphatic rings. The van der Waals surface area contributed by atoms with Gasteiger partial charge in [0.25, 0.3) is 11.8 Å². The summed E-state index contributed by atoms with van der Waals surface area (Å²) in [5.41, 5.74) is 5.94. The molecule has 46 heavy (non-hydrogen) atoms. The van der Waals surface area contributed by atoms with Crippen LogP contribution in [-0.2, 0) is 0 Å². The first-order chi connectivity index (χ1) is 22.2. The highest BCUT2D eigenvalue weighted by molar-refractivity contribution is 6.42. The lowest BCUT2D eigenvalue weighted by Gasteiger charge is -2.32. The molecule has 0 bridgehead atoms. The van der Waals surface area contributed by atoms with Gasteiger partial charge in [-0.15, -0.1) is 0 Å². The zero-order valence-corrected chi connectivity index (χ0v) is 26.0. The molecule has 7 aromatic carbocycles. The quantitative estimate of drug-likeness (QED) is 0.121. The predicted molar refractivity (Wildman–Crippen MR) is 186 cm³/mol. The van der Waals surface area contributed by atoms with E-state index < -0.39 is 5.97 Å². The molecule has 1 aliphatic heterocycles. The van der Waals surface area contributed by atoms with E-state index in [1.807, 2.05) is 60.7 Å². The van der Waals surface area contributed by atoms with Crippen molar-refractivity contribution in [2.75, 3.05) is 4.90 Å². The molecule has 0 saturated heterocycles. The van der Waals surface area contributed by atoms with Crippen LogP contribution in [0.1, 0.15) is 81.7 Å². The molecule has 0 aromatic heterocycles. The van der Waals surface area contributed by atoms with E-state index in [0.717, 1.165) is 60.0 Å². The number of anilines is 1. The van der Waals surface area contributed by atoms with Crippen LogP contribution < -0.4 is 4.90 Å². The average Bonchev–Trinajstić information content (AvgIpc) is 3.06. The van der Waals surface area contributed by atoms with Crippen LogP contribution in [0.15, 0.2) is 97.1 Å². The highest BCUT2D eigenvalue weighted by Crippen LogP contribution is 2.47. The molecule has 7 aromatic rings. The fourth-order valence-electron chi connectivity index (χ4n) is 7.51. The molecule has 0 unspecified atom stereocenters. The number of imide groups is 1. The Balaban J connectivity index is 1.39. The Bertz CT molecular complexity index is 2340. The van der Waals surface area contributed by atoms with E-state index in [0.29, 0.717) is 22.2 Å². The first-order valence-corrected chi connectivity index (χ1v) is 15.7. The number of carbonyl (C=O) groups excluding carboxylic acids is 2. The Kier molecular flexibility index (Phi) is 6.07. The van der Waals surface area contributed by atoms with Crippen LogP contribution in [0, 0.1) is 0 Å². The summed E-state index contributed by atoms with van der Waals surface area (Å²) in [4.78, 5) is 41.8. The predicted octanol–water partition coefficient (Wildman–Crippen LogP) is 10.1. The van der Waals surface area contributed by atoms with Crippen molar-refractivity contribution >= 4 is 66.6 Å². The number of amides is 2. The lowest BCUT2D eigenvalue weighted by molar-refractivity contribution is 0.0696. The van der Waals surface area contributed by atoms with Gasteiger partial charge in [0.2, 0.25) is 0 Å². The van der Waals surface area contributed by atoms with Crippen LogP contribution in [0.3, 0.4) is 0 Å². The molecule has 224 valence electrons. The summed E-state index contributed by atoms with van der Waals surface area (Å²) in [6.45, 7) is 8.37. The van der Waals surface area contributed by atoms with Crippen molar-refractivity contribution in [3.05, 3.63) is 125 Å². The van der Waals surface area contributed by atoms with E-state index in [1.165, 1.54) is 4.90 Å². The minimum atomic E-state index is -0.954. The standard InChI is InChI=1S/C41H31NO4/c1-21(2)25-7-5-8-26(22(3)4)38(25)42-39(43)33-19-17-31-29-10-6-9-28-27(23-11-13-24(14-12-23)41(45)46)15-16-30(35(28)29)32-18-20-34(40(42)44)37(33)36(31)32/h5-22H,1-4H3,(H,45,46). The topological polar surface area (TPSA) is 74.7 Å². The van der Waals surface area contributed by atoms with Gasteiger partial charge in [-0.2, -0.15) is 0 Å². The third-order valence-electron chi connectivity index (χ3n) is 9.66. The van der Waals surface area contributed by atoms with Crippen molar-refractivity contribution in [2.24, 2.45) is 0 Å². The first kappa shape index (κ1) is 28.0. The zero-order chi connectivity index (χ0) is 32.0. The Morgan fingerprint density at radius 3 is 1.57 bits per heavy atom. The maximum absolute atomic E-state index is 14.5. The lowest BCUT2D eigenvalue weighted by atomic mass is 9.83. The summed E-state index contributed by atoms with van der Waals surface area (Å²) in [5.74, 6) is -1.28. The highest BCUT2D eigenvalue weighted by atomic mass is 16.4. The van der Waals surface area contributed by atoms with Crippen molar-refractivity contribution < 1.29 is 19.5 Å². The monoisotopic (exact) mass is 601 g/mol. The van der Waals surface area contributed by atoms with Crippen LogP contribution in [0.4, 0.5) is 5.69 Å². The molecular formula is C41H31NO4. The molecule has 0 aliphatic carbocycles. The number of carboxylic acid groups (broad SMARTS) is 1. The Morgan fingerprint density at radius 2 is 1.02 bits per heavy atom. The molecule has 0 fully saturated rings. The largest absolute Gasteiger partial charge is 0.478 e. The number of carboxylic acids is 1. The summed E-state index contributed by atoms with van der Waals surface area (Å²) in [6.07, 6.45) is 0. The van der Waals surface area contributed by atoms with Crippen LogP contribution in [-0.4, -0.2) is 22.9 Å². The Labute approximate surface area is 266 Å². The Morgan fingerprint density at radius 1 is 0.543 bits per heavy atom. The van der Waals surface area contributed by atoms with Gasteiger partial charge in [-0.25, -0.2) is 9.69 Å². The van der Waals surface area contributed by atoms with Gasteiger partial charge in [0, 0.05) is 16.5 Å². The Hall–Kier alpha value is -5.55. The fraction of sp³-hybridized carbons (Fsp3) is 0.146. The molecule has 1 N–H and O–H groups in total. The van der Waals surface area contributed by atoms with Crippen molar-refractivity contribution in [1.29, 1.82) is 0 Å². The molecule has 0 saturated carbocycles. The minimum Gasteiger partial charge on any atom is -0.478 e. The third kappa shape index (κ3) is 3.78. The number of carbonyl (C=O) groups is 3. The van der Waals surface area contributed by atoms with Gasteiger partial charge in [0.15, 0.2) is 0 Å². The lowest BCUT2D eigenvalue weighted by Crippen LogP contribution is -2.41. The number of rotatable bonds is 5. The molecule has 0 atom stereocenters. The second-order valence-corrected chi connectivity index (χ2v) is 12.9. The van der Waals surface area contributed by atoms with Crippen molar-refractivity contribution in [3.63, 3.8) is 0 Å². The number of para-hydroxylation sites is 1. The number of nitrogens with zero attached hydrogens (tertiary/aromatic N) is 1. The maximum Gasteiger partial charge on any atom is 0.335 e. The van der Waals surface area contributed by atoms with Gasteiger partial charge in [-0.3, -0.25) is 9.59 Å². The summed E-state index contributed by atoms with van der Waals surface area (Å²) in [5, 5.41) is 17.3. The normalized spacial score (nSPS) is 13.4. The smallest absolute Gasteiger partial charge is 0.335 e. The summed E-state index contributed by atoms with van der Waals surface area (Å²) < 4.78 is 0. The summed E-state index contributed by atoms with van der Waals surface area (Å²) in [7, 11) is 0. The maximum atomic E-state index is 14.5. The molecule has 5 heteroatoms. The second-order valence-electron chi connectivity index (χ2n) is 12.9. The van der Waals surface area contributed by atoms with E-state index >= 15 is 0 Å². The number of hydrogen-bond donors (Lipinski definition) is 1. The molecule has 5 nitrogen and oxygen atoms in total. The highest BCUT2D eigenvalue weighted by Gasteiger charge is 2.38. The van der Waals surface area contributed by atoms with E-state index in [4.69, 9.17) is 0 Å². The zero-order valence-electron chi connectivity index (χ0n) is 26.0. The van der Waals surface area contributed by atoms with Gasteiger partial charge in [0.05, 0.1) is 11.3 Å².